The molecule has 7 nitrogen and oxygen atoms in total. The number of piperazine rings is 1. The van der Waals surface area contributed by atoms with Gasteiger partial charge in [0.2, 0.25) is 5.79 Å². The van der Waals surface area contributed by atoms with Crippen molar-refractivity contribution in [3.05, 3.63) is 47.7 Å². The Morgan fingerprint density at radius 3 is 2.31 bits per heavy atom. The van der Waals surface area contributed by atoms with Crippen molar-refractivity contribution >= 4 is 44.4 Å². The number of rotatable bonds is 2. The quantitative estimate of drug-likeness (QED) is 0.503. The molecule has 0 saturated carbocycles. The molecule has 0 spiro atoms. The zero-order chi connectivity index (χ0) is 28.7. The van der Waals surface area contributed by atoms with Crippen molar-refractivity contribution in [1.29, 1.82) is 0 Å². The third kappa shape index (κ3) is 8.79. The number of carbonyl (C=O) groups is 1. The van der Waals surface area contributed by atoms with Crippen molar-refractivity contribution in [3.63, 3.8) is 0 Å². The van der Waals surface area contributed by atoms with E-state index in [9.17, 15) is 4.79 Å². The van der Waals surface area contributed by atoms with Crippen LogP contribution in [0.4, 0.5) is 16.3 Å². The second-order valence-corrected chi connectivity index (χ2v) is 10.7. The molecule has 2 amide bonds. The molecule has 2 unspecified atom stereocenters. The number of benzene rings is 1. The third-order valence-corrected chi connectivity index (χ3v) is 6.17. The molecule has 2 aliphatic rings. The topological polar surface area (TPSA) is 66.9 Å². The molecule has 1 saturated heterocycles. The molecule has 4 rings (SSSR count). The molecule has 1 fully saturated rings. The number of ether oxygens (including phenoxy) is 2. The van der Waals surface area contributed by atoms with Crippen LogP contribution in [0.25, 0.3) is 0 Å². The van der Waals surface area contributed by atoms with Crippen molar-refractivity contribution in [2.75, 3.05) is 23.3 Å². The minimum atomic E-state index is -0.697. The first-order valence-electron chi connectivity index (χ1n) is 13.2. The summed E-state index contributed by atoms with van der Waals surface area (Å²) < 4.78 is 12.1. The number of urea groups is 1. The molecule has 2 aliphatic heterocycles. The fraction of sp³-hybridized carbons (Fsp3) is 0.533. The number of pyridine rings is 1. The van der Waals surface area contributed by atoms with Crippen molar-refractivity contribution in [1.82, 2.24) is 9.88 Å². The Bertz CT molecular complexity index is 1110. The van der Waals surface area contributed by atoms with E-state index >= 15 is 0 Å². The van der Waals surface area contributed by atoms with Gasteiger partial charge in [-0.3, -0.25) is 0 Å². The number of hydrogen-bond donors (Lipinski definition) is 1. The van der Waals surface area contributed by atoms with E-state index in [2.05, 4.69) is 48.5 Å². The van der Waals surface area contributed by atoms with Crippen LogP contribution in [-0.4, -0.2) is 73.7 Å². The van der Waals surface area contributed by atoms with Crippen LogP contribution in [0, 0.1) is 6.92 Å². The van der Waals surface area contributed by atoms with E-state index in [1.807, 2.05) is 69.9 Å². The van der Waals surface area contributed by atoms with Crippen LogP contribution in [0.1, 0.15) is 67.0 Å². The fourth-order valence-corrected chi connectivity index (χ4v) is 5.01. The molecule has 1 radical (unpaired) electrons. The van der Waals surface area contributed by atoms with Crippen LogP contribution in [0.2, 0.25) is 6.82 Å². The minimum absolute atomic E-state index is 0. The zero-order valence-corrected chi connectivity index (χ0v) is 24.5. The predicted molar refractivity (Wildman–Crippen MR) is 169 cm³/mol. The third-order valence-electron chi connectivity index (χ3n) is 6.17. The molecule has 1 N–H and O–H groups in total. The Balaban J connectivity index is 0.000000997. The Morgan fingerprint density at radius 1 is 1.21 bits per heavy atom. The summed E-state index contributed by atoms with van der Waals surface area (Å²) in [5.41, 5.74) is 2.28. The Labute approximate surface area is 238 Å². The van der Waals surface area contributed by atoms with Gasteiger partial charge in [-0.2, -0.15) is 0 Å². The van der Waals surface area contributed by atoms with Crippen LogP contribution >= 0.6 is 0 Å². The molecule has 3 heterocycles. The van der Waals surface area contributed by atoms with Gasteiger partial charge >= 0.3 is 46.6 Å². The summed E-state index contributed by atoms with van der Waals surface area (Å²) in [4.78, 5) is 22.0. The van der Waals surface area contributed by atoms with Crippen molar-refractivity contribution < 1.29 is 14.3 Å². The summed E-state index contributed by atoms with van der Waals surface area (Å²) in [5.74, 6) is 2.58. The molecular formula is C30H47B2N4O3. The summed E-state index contributed by atoms with van der Waals surface area (Å²) in [5, 5.41) is 3.09. The number of amides is 2. The van der Waals surface area contributed by atoms with Gasteiger partial charge in [-0.15, -0.1) is 0 Å². The van der Waals surface area contributed by atoms with Crippen molar-refractivity contribution in [2.45, 2.75) is 93.1 Å². The van der Waals surface area contributed by atoms with Crippen LogP contribution in [0.15, 0.2) is 36.5 Å². The van der Waals surface area contributed by atoms with Gasteiger partial charge in [-0.1, -0.05) is 13.5 Å². The van der Waals surface area contributed by atoms with Gasteiger partial charge in [-0.25, -0.2) is 9.78 Å². The molecule has 0 bridgehead atoms. The van der Waals surface area contributed by atoms with Gasteiger partial charge in [-0.05, 0) is 64.4 Å². The average Bonchev–Trinajstić information content (AvgIpc) is 2.79. The van der Waals surface area contributed by atoms with Crippen LogP contribution in [-0.2, 0) is 10.3 Å². The number of aryl methyl sites for hydroxylation is 1. The number of nitrogens with zero attached hydrogens (tertiary/aromatic N) is 3. The molecule has 2 aromatic rings. The molecular weight excluding hydrogens is 486 g/mol. The first-order valence-corrected chi connectivity index (χ1v) is 13.2. The SMILES string of the molecule is C.C=BC.Cc1cccnc1N1CC(C)N(C(=O)Nc2ccc3c(c2)C(C)(C)OC(C)(C)O3)C(C)C1.[B]=CC. The van der Waals surface area contributed by atoms with E-state index in [-0.39, 0.29) is 25.5 Å². The summed E-state index contributed by atoms with van der Waals surface area (Å²) in [7, 11) is 4.72. The van der Waals surface area contributed by atoms with Crippen molar-refractivity contribution in [3.8, 4) is 5.75 Å². The summed E-state index contributed by atoms with van der Waals surface area (Å²) in [6.07, 6.45) is 1.82. The summed E-state index contributed by atoms with van der Waals surface area (Å²) >= 11 is 0. The van der Waals surface area contributed by atoms with Gasteiger partial charge in [0, 0.05) is 56.5 Å². The van der Waals surface area contributed by atoms with Crippen LogP contribution in [0.3, 0.4) is 0 Å². The first-order chi connectivity index (χ1) is 17.8. The Hall–Kier alpha value is -2.93. The Morgan fingerprint density at radius 2 is 1.77 bits per heavy atom. The standard InChI is InChI=1S/C25H34N4O3.C2H5B.C2H4B.CH4/c1-16-9-8-12-26-22(16)28-14-17(2)29(18(3)15-28)23(30)27-19-10-11-21-20(13-19)24(4,5)32-25(6,7)31-21;1-3-2;1-2-3;/h8-13,17-18H,14-15H2,1-7H3,(H,27,30);1H2,2H3;2H,1H3;1H4. The number of aromatic nitrogens is 1. The van der Waals surface area contributed by atoms with Gasteiger partial charge in [0.1, 0.15) is 11.6 Å². The van der Waals surface area contributed by atoms with Gasteiger partial charge < -0.3 is 24.6 Å². The molecule has 1 aromatic heterocycles. The van der Waals surface area contributed by atoms with E-state index in [1.165, 1.54) is 5.97 Å². The molecule has 9 heteroatoms. The number of anilines is 2. The van der Waals surface area contributed by atoms with Crippen LogP contribution in [0.5, 0.6) is 5.75 Å². The number of nitrogens with one attached hydrogen (secondary N) is 1. The summed E-state index contributed by atoms with van der Waals surface area (Å²) in [6.45, 7) is 24.3. The van der Waals surface area contributed by atoms with Gasteiger partial charge in [0.05, 0.1) is 5.60 Å². The van der Waals surface area contributed by atoms with E-state index in [0.29, 0.717) is 0 Å². The van der Waals surface area contributed by atoms with Crippen molar-refractivity contribution in [2.24, 2.45) is 0 Å². The second-order valence-electron chi connectivity index (χ2n) is 10.7. The van der Waals surface area contributed by atoms with Gasteiger partial charge in [0.25, 0.3) is 0 Å². The fourth-order valence-electron chi connectivity index (χ4n) is 5.01. The summed E-state index contributed by atoms with van der Waals surface area (Å²) in [6, 6.07) is 9.75. The monoisotopic (exact) mass is 533 g/mol. The Kier molecular flexibility index (Phi) is 12.6. The molecule has 2 atom stereocenters. The average molecular weight is 533 g/mol. The van der Waals surface area contributed by atoms with Gasteiger partial charge in [0.15, 0.2) is 0 Å². The first kappa shape index (κ1) is 34.1. The van der Waals surface area contributed by atoms with E-state index in [4.69, 9.17) is 17.0 Å². The maximum absolute atomic E-state index is 13.2. The zero-order valence-electron chi connectivity index (χ0n) is 24.5. The number of fused-ring (bicyclic) bond motifs is 1. The number of hydrogen-bond acceptors (Lipinski definition) is 5. The van der Waals surface area contributed by atoms with E-state index in [0.717, 1.165) is 41.5 Å². The maximum atomic E-state index is 13.2. The molecule has 39 heavy (non-hydrogen) atoms. The molecule has 211 valence electrons. The predicted octanol–water partition coefficient (Wildman–Crippen LogP) is 5.69. The van der Waals surface area contributed by atoms with E-state index in [1.54, 1.807) is 13.8 Å². The van der Waals surface area contributed by atoms with Crippen LogP contribution < -0.4 is 15.0 Å². The normalized spacial score (nSPS) is 20.1. The number of carbonyl (C=O) groups excluding carboxylic acids is 1. The molecule has 1 aromatic carbocycles. The second kappa shape index (κ2) is 14.5. The molecule has 0 aliphatic carbocycles. The van der Waals surface area contributed by atoms with E-state index < -0.39 is 11.4 Å².